The van der Waals surface area contributed by atoms with E-state index in [0.717, 1.165) is 12.6 Å². The summed E-state index contributed by atoms with van der Waals surface area (Å²) in [6, 6.07) is 1.30. The minimum Gasteiger partial charge on any atom is -0.329 e. The van der Waals surface area contributed by atoms with Gasteiger partial charge in [0.2, 0.25) is 0 Å². The number of hydrogen-bond acceptors (Lipinski definition) is 3. The first-order chi connectivity index (χ1) is 7.36. The fourth-order valence-electron chi connectivity index (χ4n) is 2.24. The van der Waals surface area contributed by atoms with Crippen molar-refractivity contribution in [2.75, 3.05) is 18.1 Å². The standard InChI is InChI=1S/C12H26N2S/c1-2-15-9-8-12(10-13)14-11-6-4-3-5-7-11/h11-12,14H,2-10,13H2,1H3. The molecule has 90 valence electrons. The van der Waals surface area contributed by atoms with E-state index in [4.69, 9.17) is 5.73 Å². The summed E-state index contributed by atoms with van der Waals surface area (Å²) in [5, 5.41) is 3.73. The smallest absolute Gasteiger partial charge is 0.0200 e. The van der Waals surface area contributed by atoms with Crippen molar-refractivity contribution in [3.8, 4) is 0 Å². The molecule has 3 heteroatoms. The van der Waals surface area contributed by atoms with E-state index >= 15 is 0 Å². The second kappa shape index (κ2) is 8.43. The zero-order valence-corrected chi connectivity index (χ0v) is 10.8. The van der Waals surface area contributed by atoms with Crippen LogP contribution >= 0.6 is 11.8 Å². The Hall–Kier alpha value is 0.270. The van der Waals surface area contributed by atoms with E-state index < -0.39 is 0 Å². The first-order valence-corrected chi connectivity index (χ1v) is 7.56. The fraction of sp³-hybridized carbons (Fsp3) is 1.00. The number of nitrogens with two attached hydrogens (primary N) is 1. The lowest BCUT2D eigenvalue weighted by atomic mass is 9.94. The molecule has 1 saturated carbocycles. The third kappa shape index (κ3) is 5.79. The summed E-state index contributed by atoms with van der Waals surface area (Å²) in [5.41, 5.74) is 5.80. The molecule has 0 amide bonds. The largest absolute Gasteiger partial charge is 0.329 e. The maximum absolute atomic E-state index is 5.80. The summed E-state index contributed by atoms with van der Waals surface area (Å²) >= 11 is 2.02. The Morgan fingerprint density at radius 1 is 1.33 bits per heavy atom. The van der Waals surface area contributed by atoms with Crippen LogP contribution in [0.5, 0.6) is 0 Å². The third-order valence-electron chi connectivity index (χ3n) is 3.18. The average molecular weight is 230 g/mol. The molecular weight excluding hydrogens is 204 g/mol. The first-order valence-electron chi connectivity index (χ1n) is 6.40. The van der Waals surface area contributed by atoms with Gasteiger partial charge in [-0.25, -0.2) is 0 Å². The van der Waals surface area contributed by atoms with Gasteiger partial charge in [0, 0.05) is 18.6 Å². The Bertz CT molecular complexity index is 147. The van der Waals surface area contributed by atoms with E-state index in [2.05, 4.69) is 12.2 Å². The molecule has 0 aliphatic heterocycles. The Balaban J connectivity index is 2.13. The van der Waals surface area contributed by atoms with Crippen molar-refractivity contribution in [2.45, 2.75) is 57.5 Å². The van der Waals surface area contributed by atoms with Gasteiger partial charge in [-0.2, -0.15) is 11.8 Å². The number of thioether (sulfide) groups is 1. The summed E-state index contributed by atoms with van der Waals surface area (Å²) in [4.78, 5) is 0. The van der Waals surface area contributed by atoms with Crippen LogP contribution in [-0.4, -0.2) is 30.1 Å². The van der Waals surface area contributed by atoms with Crippen LogP contribution < -0.4 is 11.1 Å². The van der Waals surface area contributed by atoms with Gasteiger partial charge in [-0.15, -0.1) is 0 Å². The first kappa shape index (κ1) is 13.3. The highest BCUT2D eigenvalue weighted by molar-refractivity contribution is 7.99. The lowest BCUT2D eigenvalue weighted by molar-refractivity contribution is 0.334. The molecule has 0 aromatic rings. The second-order valence-corrected chi connectivity index (χ2v) is 5.81. The van der Waals surface area contributed by atoms with Crippen LogP contribution in [0.1, 0.15) is 45.4 Å². The van der Waals surface area contributed by atoms with Crippen molar-refractivity contribution in [2.24, 2.45) is 5.73 Å². The van der Waals surface area contributed by atoms with Gasteiger partial charge in [-0.3, -0.25) is 0 Å². The second-order valence-electron chi connectivity index (χ2n) is 4.42. The van der Waals surface area contributed by atoms with Crippen LogP contribution in [0.2, 0.25) is 0 Å². The van der Waals surface area contributed by atoms with Gasteiger partial charge in [0.25, 0.3) is 0 Å². The molecule has 0 bridgehead atoms. The topological polar surface area (TPSA) is 38.0 Å². The van der Waals surface area contributed by atoms with Gasteiger partial charge in [-0.05, 0) is 30.8 Å². The molecule has 0 aromatic heterocycles. The quantitative estimate of drug-likeness (QED) is 0.660. The number of rotatable bonds is 7. The number of nitrogens with one attached hydrogen (secondary N) is 1. The summed E-state index contributed by atoms with van der Waals surface area (Å²) in [5.74, 6) is 2.47. The van der Waals surface area contributed by atoms with Crippen LogP contribution in [0.4, 0.5) is 0 Å². The lowest BCUT2D eigenvalue weighted by Crippen LogP contribution is -2.43. The van der Waals surface area contributed by atoms with Gasteiger partial charge in [0.1, 0.15) is 0 Å². The van der Waals surface area contributed by atoms with Crippen molar-refractivity contribution in [3.05, 3.63) is 0 Å². The summed E-state index contributed by atoms with van der Waals surface area (Å²) in [7, 11) is 0. The molecule has 0 aromatic carbocycles. The molecule has 1 atom stereocenters. The van der Waals surface area contributed by atoms with Gasteiger partial charge >= 0.3 is 0 Å². The molecule has 2 nitrogen and oxygen atoms in total. The zero-order valence-electron chi connectivity index (χ0n) is 10.0. The van der Waals surface area contributed by atoms with E-state index in [1.54, 1.807) is 0 Å². The molecule has 1 aliphatic carbocycles. The van der Waals surface area contributed by atoms with Crippen molar-refractivity contribution < 1.29 is 0 Å². The van der Waals surface area contributed by atoms with E-state index in [0.29, 0.717) is 6.04 Å². The molecule has 0 heterocycles. The van der Waals surface area contributed by atoms with Crippen LogP contribution in [0.3, 0.4) is 0 Å². The summed E-state index contributed by atoms with van der Waals surface area (Å²) < 4.78 is 0. The summed E-state index contributed by atoms with van der Waals surface area (Å²) in [6.45, 7) is 3.01. The normalized spacial score (nSPS) is 20.4. The van der Waals surface area contributed by atoms with Crippen LogP contribution in [0.15, 0.2) is 0 Å². The molecule has 15 heavy (non-hydrogen) atoms. The maximum atomic E-state index is 5.80. The Labute approximate surface area is 98.8 Å². The predicted octanol–water partition coefficient (Wildman–Crippen LogP) is 2.38. The Morgan fingerprint density at radius 2 is 2.07 bits per heavy atom. The maximum Gasteiger partial charge on any atom is 0.0200 e. The Kier molecular flexibility index (Phi) is 7.49. The highest BCUT2D eigenvalue weighted by Gasteiger charge is 2.16. The molecule has 1 rings (SSSR count). The molecule has 0 radical (unpaired) electrons. The highest BCUT2D eigenvalue weighted by Crippen LogP contribution is 2.18. The molecule has 3 N–H and O–H groups in total. The fourth-order valence-corrected chi connectivity index (χ4v) is 2.98. The zero-order chi connectivity index (χ0) is 10.9. The summed E-state index contributed by atoms with van der Waals surface area (Å²) in [6.07, 6.45) is 8.18. The average Bonchev–Trinajstić information content (AvgIpc) is 2.29. The Morgan fingerprint density at radius 3 is 2.67 bits per heavy atom. The monoisotopic (exact) mass is 230 g/mol. The van der Waals surface area contributed by atoms with Crippen molar-refractivity contribution in [1.29, 1.82) is 0 Å². The van der Waals surface area contributed by atoms with Crippen LogP contribution in [-0.2, 0) is 0 Å². The van der Waals surface area contributed by atoms with Gasteiger partial charge < -0.3 is 11.1 Å². The van der Waals surface area contributed by atoms with E-state index in [9.17, 15) is 0 Å². The van der Waals surface area contributed by atoms with E-state index in [1.165, 1.54) is 50.0 Å². The van der Waals surface area contributed by atoms with Gasteiger partial charge in [0.05, 0.1) is 0 Å². The molecule has 1 aliphatic rings. The highest BCUT2D eigenvalue weighted by atomic mass is 32.2. The van der Waals surface area contributed by atoms with Crippen molar-refractivity contribution >= 4 is 11.8 Å². The van der Waals surface area contributed by atoms with E-state index in [1.807, 2.05) is 11.8 Å². The predicted molar refractivity (Wildman–Crippen MR) is 70.5 cm³/mol. The van der Waals surface area contributed by atoms with Crippen molar-refractivity contribution in [1.82, 2.24) is 5.32 Å². The minimum absolute atomic E-state index is 0.548. The SMILES string of the molecule is CCSCCC(CN)NC1CCCCC1. The van der Waals surface area contributed by atoms with Gasteiger partial charge in [-0.1, -0.05) is 26.2 Å². The molecule has 1 fully saturated rings. The molecule has 0 saturated heterocycles. The lowest BCUT2D eigenvalue weighted by Gasteiger charge is -2.27. The van der Waals surface area contributed by atoms with Crippen LogP contribution in [0, 0.1) is 0 Å². The third-order valence-corrected chi connectivity index (χ3v) is 4.11. The van der Waals surface area contributed by atoms with Crippen LogP contribution in [0.25, 0.3) is 0 Å². The van der Waals surface area contributed by atoms with E-state index in [-0.39, 0.29) is 0 Å². The van der Waals surface area contributed by atoms with Crippen molar-refractivity contribution in [3.63, 3.8) is 0 Å². The molecule has 0 spiro atoms. The van der Waals surface area contributed by atoms with Gasteiger partial charge in [0.15, 0.2) is 0 Å². The number of hydrogen-bond donors (Lipinski definition) is 2. The molecule has 1 unspecified atom stereocenters. The molecular formula is C12H26N2S. The minimum atomic E-state index is 0.548.